The van der Waals surface area contributed by atoms with E-state index in [-0.39, 0.29) is 0 Å². The summed E-state index contributed by atoms with van der Waals surface area (Å²) in [6, 6.07) is 5.52. The number of ether oxygens (including phenoxy) is 1. The monoisotopic (exact) mass is 251 g/mol. The van der Waals surface area contributed by atoms with Gasteiger partial charge in [0, 0.05) is 11.3 Å². The quantitative estimate of drug-likeness (QED) is 0.881. The molecule has 0 unspecified atom stereocenters. The molecule has 1 aromatic carbocycles. The first-order valence-electron chi connectivity index (χ1n) is 5.25. The normalized spacial score (nSPS) is 10.6. The second-order valence-electron chi connectivity index (χ2n) is 3.71. The summed E-state index contributed by atoms with van der Waals surface area (Å²) in [5, 5.41) is 0.613. The molecule has 4 nitrogen and oxygen atoms in total. The summed E-state index contributed by atoms with van der Waals surface area (Å²) < 4.78 is 5.11. The van der Waals surface area contributed by atoms with Crippen molar-refractivity contribution in [2.75, 3.05) is 7.11 Å². The van der Waals surface area contributed by atoms with Crippen molar-refractivity contribution in [1.29, 1.82) is 0 Å². The van der Waals surface area contributed by atoms with Crippen molar-refractivity contribution in [2.45, 2.75) is 13.5 Å². The van der Waals surface area contributed by atoms with Gasteiger partial charge in [0.15, 0.2) is 0 Å². The minimum atomic E-state index is 0.384. The fourth-order valence-electron chi connectivity index (χ4n) is 1.70. The van der Waals surface area contributed by atoms with Crippen LogP contribution in [0.1, 0.15) is 11.5 Å². The van der Waals surface area contributed by atoms with Gasteiger partial charge in [0.1, 0.15) is 11.6 Å². The minimum absolute atomic E-state index is 0.384. The van der Waals surface area contributed by atoms with Crippen LogP contribution in [0.15, 0.2) is 18.2 Å². The number of nitrogens with two attached hydrogens (primary N) is 1. The first-order chi connectivity index (χ1) is 8.15. The van der Waals surface area contributed by atoms with E-state index in [4.69, 9.17) is 22.1 Å². The summed E-state index contributed by atoms with van der Waals surface area (Å²) in [6.45, 7) is 2.33. The first-order valence-corrected chi connectivity index (χ1v) is 5.63. The fourth-order valence-corrected chi connectivity index (χ4v) is 1.96. The van der Waals surface area contributed by atoms with Gasteiger partial charge in [-0.05, 0) is 25.1 Å². The molecule has 90 valence electrons. The molecule has 0 bridgehead atoms. The van der Waals surface area contributed by atoms with Crippen LogP contribution in [0.5, 0.6) is 5.75 Å². The summed E-state index contributed by atoms with van der Waals surface area (Å²) in [5.74, 6) is 1.48. The molecule has 0 saturated carbocycles. The number of aromatic nitrogens is 2. The lowest BCUT2D eigenvalue weighted by Gasteiger charge is -2.05. The van der Waals surface area contributed by atoms with Crippen molar-refractivity contribution < 1.29 is 4.74 Å². The zero-order valence-electron chi connectivity index (χ0n) is 9.75. The smallest absolute Gasteiger partial charge is 0.120 e. The number of methoxy groups -OCH3 is 1. The summed E-state index contributed by atoms with van der Waals surface area (Å²) >= 11 is 6.20. The van der Waals surface area contributed by atoms with E-state index in [1.807, 2.05) is 19.1 Å². The highest BCUT2D eigenvalue weighted by Gasteiger charge is 2.12. The van der Waals surface area contributed by atoms with Crippen molar-refractivity contribution in [3.05, 3.63) is 34.7 Å². The van der Waals surface area contributed by atoms with Crippen LogP contribution in [-0.4, -0.2) is 17.1 Å². The molecule has 5 heteroatoms. The molecule has 0 radical (unpaired) electrons. The van der Waals surface area contributed by atoms with E-state index in [2.05, 4.69) is 9.97 Å². The minimum Gasteiger partial charge on any atom is -0.497 e. The van der Waals surface area contributed by atoms with Crippen molar-refractivity contribution in [3.8, 4) is 17.0 Å². The van der Waals surface area contributed by atoms with Gasteiger partial charge in [-0.2, -0.15) is 0 Å². The third kappa shape index (κ3) is 2.28. The number of rotatable bonds is 3. The van der Waals surface area contributed by atoms with Crippen LogP contribution in [0.3, 0.4) is 0 Å². The van der Waals surface area contributed by atoms with Crippen LogP contribution in [0, 0.1) is 6.92 Å². The third-order valence-corrected chi connectivity index (χ3v) is 2.87. The molecule has 0 fully saturated rings. The summed E-state index contributed by atoms with van der Waals surface area (Å²) in [5.41, 5.74) is 8.21. The maximum absolute atomic E-state index is 6.20. The standard InChI is InChI=1S/C12H14ClN3O/c1-7-12(16-11(6-14)15-7)9-4-3-8(17-2)5-10(9)13/h3-5H,6,14H2,1-2H3,(H,15,16). The molecule has 0 aliphatic carbocycles. The Morgan fingerprint density at radius 3 is 2.76 bits per heavy atom. The first kappa shape index (κ1) is 12.0. The number of halogens is 1. The molecule has 0 spiro atoms. The highest BCUT2D eigenvalue weighted by atomic mass is 35.5. The number of aromatic amines is 1. The number of benzene rings is 1. The Morgan fingerprint density at radius 1 is 1.47 bits per heavy atom. The van der Waals surface area contributed by atoms with E-state index in [1.54, 1.807) is 13.2 Å². The zero-order chi connectivity index (χ0) is 12.4. The lowest BCUT2D eigenvalue weighted by molar-refractivity contribution is 0.415. The molecule has 1 aromatic heterocycles. The highest BCUT2D eigenvalue weighted by Crippen LogP contribution is 2.31. The van der Waals surface area contributed by atoms with Gasteiger partial charge in [0.2, 0.25) is 0 Å². The Hall–Kier alpha value is -1.52. The van der Waals surface area contributed by atoms with Crippen LogP contribution < -0.4 is 10.5 Å². The number of hydrogen-bond acceptors (Lipinski definition) is 3. The number of H-pyrrole nitrogens is 1. The SMILES string of the molecule is COc1ccc(-c2nc(CN)[nH]c2C)c(Cl)c1. The van der Waals surface area contributed by atoms with Crippen molar-refractivity contribution >= 4 is 11.6 Å². The number of nitrogens with zero attached hydrogens (tertiary/aromatic N) is 1. The number of aryl methyl sites for hydroxylation is 1. The molecule has 0 aliphatic heterocycles. The molecule has 0 amide bonds. The predicted octanol–water partition coefficient (Wildman–Crippen LogP) is 2.51. The Bertz CT molecular complexity index is 537. The van der Waals surface area contributed by atoms with Gasteiger partial charge in [-0.15, -0.1) is 0 Å². The summed E-state index contributed by atoms with van der Waals surface area (Å²) in [6.07, 6.45) is 0. The molecular formula is C12H14ClN3O. The highest BCUT2D eigenvalue weighted by molar-refractivity contribution is 6.33. The molecule has 2 rings (SSSR count). The largest absolute Gasteiger partial charge is 0.497 e. The fraction of sp³-hybridized carbons (Fsp3) is 0.250. The lowest BCUT2D eigenvalue weighted by Crippen LogP contribution is -1.97. The van der Waals surface area contributed by atoms with Gasteiger partial charge in [-0.25, -0.2) is 4.98 Å². The molecule has 2 aromatic rings. The van der Waals surface area contributed by atoms with Gasteiger partial charge < -0.3 is 15.5 Å². The molecule has 0 saturated heterocycles. The zero-order valence-corrected chi connectivity index (χ0v) is 10.5. The molecule has 0 aliphatic rings. The molecule has 1 heterocycles. The van der Waals surface area contributed by atoms with E-state index in [0.29, 0.717) is 11.6 Å². The second-order valence-corrected chi connectivity index (χ2v) is 4.11. The summed E-state index contributed by atoms with van der Waals surface area (Å²) in [4.78, 5) is 7.53. The number of imidazole rings is 1. The topological polar surface area (TPSA) is 63.9 Å². The van der Waals surface area contributed by atoms with Crippen LogP contribution in [-0.2, 0) is 6.54 Å². The van der Waals surface area contributed by atoms with Gasteiger partial charge >= 0.3 is 0 Å². The van der Waals surface area contributed by atoms with E-state index < -0.39 is 0 Å². The van der Waals surface area contributed by atoms with Crippen LogP contribution in [0.25, 0.3) is 11.3 Å². The van der Waals surface area contributed by atoms with Crippen LogP contribution in [0.2, 0.25) is 5.02 Å². The Kier molecular flexibility index (Phi) is 3.36. The Labute approximate surface area is 105 Å². The average molecular weight is 252 g/mol. The Balaban J connectivity index is 2.48. The molecular weight excluding hydrogens is 238 g/mol. The third-order valence-electron chi connectivity index (χ3n) is 2.56. The van der Waals surface area contributed by atoms with Gasteiger partial charge in [-0.3, -0.25) is 0 Å². The van der Waals surface area contributed by atoms with E-state index in [1.165, 1.54) is 0 Å². The Morgan fingerprint density at radius 2 is 2.24 bits per heavy atom. The van der Waals surface area contributed by atoms with E-state index in [9.17, 15) is 0 Å². The maximum atomic E-state index is 6.20. The van der Waals surface area contributed by atoms with Crippen LogP contribution >= 0.6 is 11.6 Å². The van der Waals surface area contributed by atoms with Crippen molar-refractivity contribution in [2.24, 2.45) is 5.73 Å². The number of hydrogen-bond donors (Lipinski definition) is 2. The number of nitrogens with one attached hydrogen (secondary N) is 1. The van der Waals surface area contributed by atoms with Crippen LogP contribution in [0.4, 0.5) is 0 Å². The predicted molar refractivity (Wildman–Crippen MR) is 68.2 cm³/mol. The maximum Gasteiger partial charge on any atom is 0.120 e. The van der Waals surface area contributed by atoms with Gasteiger partial charge in [0.25, 0.3) is 0 Å². The molecule has 0 atom stereocenters. The van der Waals surface area contributed by atoms with Crippen molar-refractivity contribution in [1.82, 2.24) is 9.97 Å². The van der Waals surface area contributed by atoms with Gasteiger partial charge in [0.05, 0.1) is 24.4 Å². The van der Waals surface area contributed by atoms with Gasteiger partial charge in [-0.1, -0.05) is 11.6 Å². The molecule has 17 heavy (non-hydrogen) atoms. The molecule has 3 N–H and O–H groups in total. The lowest BCUT2D eigenvalue weighted by atomic mass is 10.1. The second kappa shape index (κ2) is 4.77. The average Bonchev–Trinajstić information content (AvgIpc) is 2.70. The van der Waals surface area contributed by atoms with E-state index in [0.717, 1.165) is 28.5 Å². The summed E-state index contributed by atoms with van der Waals surface area (Å²) in [7, 11) is 1.61. The van der Waals surface area contributed by atoms with Crippen molar-refractivity contribution in [3.63, 3.8) is 0 Å². The van der Waals surface area contributed by atoms with E-state index >= 15 is 0 Å².